The van der Waals surface area contributed by atoms with Crippen molar-refractivity contribution in [3.8, 4) is 11.5 Å². The molecule has 1 aliphatic rings. The van der Waals surface area contributed by atoms with E-state index in [1.807, 2.05) is 4.90 Å². The number of carbonyl (C=O) groups excluding carboxylic acids is 1. The summed E-state index contributed by atoms with van der Waals surface area (Å²) in [6.07, 6.45) is 3.27. The fraction of sp³-hybridized carbons (Fsp3) is 0.533. The number of carbonyl (C=O) groups is 1. The fourth-order valence-electron chi connectivity index (χ4n) is 2.62. The quantitative estimate of drug-likeness (QED) is 0.856. The molecule has 1 aromatic rings. The Kier molecular flexibility index (Phi) is 5.29. The van der Waals surface area contributed by atoms with E-state index in [-0.39, 0.29) is 11.7 Å². The SMILES string of the molecule is COc1ccc(O)c(C(=O)N2CCCC(CCBr)C2)c1. The molecule has 0 saturated carbocycles. The second kappa shape index (κ2) is 6.97. The van der Waals surface area contributed by atoms with E-state index in [1.54, 1.807) is 19.2 Å². The number of rotatable bonds is 4. The zero-order chi connectivity index (χ0) is 14.5. The minimum absolute atomic E-state index is 0.0124. The molecule has 2 rings (SSSR count). The molecule has 1 atom stereocenters. The molecular weight excluding hydrogens is 322 g/mol. The van der Waals surface area contributed by atoms with Crippen molar-refractivity contribution in [3.05, 3.63) is 23.8 Å². The van der Waals surface area contributed by atoms with Gasteiger partial charge in [-0.3, -0.25) is 4.79 Å². The molecule has 1 aliphatic heterocycles. The third-order valence-corrected chi connectivity index (χ3v) is 4.22. The maximum Gasteiger partial charge on any atom is 0.257 e. The van der Waals surface area contributed by atoms with Crippen LogP contribution in [0.25, 0.3) is 0 Å². The summed E-state index contributed by atoms with van der Waals surface area (Å²) in [5, 5.41) is 10.9. The molecule has 4 nitrogen and oxygen atoms in total. The predicted octanol–water partition coefficient (Wildman–Crippen LogP) is 3.04. The Hall–Kier alpha value is -1.23. The molecule has 1 fully saturated rings. The lowest BCUT2D eigenvalue weighted by Crippen LogP contribution is -2.40. The second-order valence-electron chi connectivity index (χ2n) is 5.12. The summed E-state index contributed by atoms with van der Waals surface area (Å²) in [5.41, 5.74) is 0.323. The van der Waals surface area contributed by atoms with Crippen LogP contribution < -0.4 is 4.74 Å². The van der Waals surface area contributed by atoms with E-state index in [0.29, 0.717) is 17.2 Å². The van der Waals surface area contributed by atoms with Gasteiger partial charge in [0.1, 0.15) is 11.5 Å². The van der Waals surface area contributed by atoms with E-state index >= 15 is 0 Å². The first-order valence-corrected chi connectivity index (χ1v) is 8.00. The molecule has 0 radical (unpaired) electrons. The number of methoxy groups -OCH3 is 1. The number of likely N-dealkylation sites (tertiary alicyclic amines) is 1. The average molecular weight is 342 g/mol. The Morgan fingerprint density at radius 2 is 2.35 bits per heavy atom. The summed E-state index contributed by atoms with van der Waals surface area (Å²) in [6.45, 7) is 1.52. The third-order valence-electron chi connectivity index (χ3n) is 3.76. The summed E-state index contributed by atoms with van der Waals surface area (Å²) in [6, 6.07) is 4.76. The predicted molar refractivity (Wildman–Crippen MR) is 81.7 cm³/mol. The van der Waals surface area contributed by atoms with Crippen LogP contribution in [0.3, 0.4) is 0 Å². The molecule has 1 N–H and O–H groups in total. The van der Waals surface area contributed by atoms with E-state index in [0.717, 1.165) is 31.3 Å². The van der Waals surface area contributed by atoms with Crippen LogP contribution in [0.15, 0.2) is 18.2 Å². The smallest absolute Gasteiger partial charge is 0.257 e. The highest BCUT2D eigenvalue weighted by molar-refractivity contribution is 9.09. The number of benzene rings is 1. The van der Waals surface area contributed by atoms with Crippen LogP contribution in [0.1, 0.15) is 29.6 Å². The number of ether oxygens (including phenoxy) is 1. The minimum atomic E-state index is -0.110. The van der Waals surface area contributed by atoms with Gasteiger partial charge < -0.3 is 14.7 Å². The largest absolute Gasteiger partial charge is 0.507 e. The summed E-state index contributed by atoms with van der Waals surface area (Å²) < 4.78 is 5.12. The third kappa shape index (κ3) is 3.45. The van der Waals surface area contributed by atoms with Crippen LogP contribution in [0.5, 0.6) is 11.5 Å². The average Bonchev–Trinajstić information content (AvgIpc) is 2.48. The molecular formula is C15H20BrNO3. The Balaban J connectivity index is 2.14. The van der Waals surface area contributed by atoms with Crippen molar-refractivity contribution in [3.63, 3.8) is 0 Å². The molecule has 0 aliphatic carbocycles. The standard InChI is InChI=1S/C15H20BrNO3/c1-20-12-4-5-14(18)13(9-12)15(19)17-8-2-3-11(10-17)6-7-16/h4-5,9,11,18H,2-3,6-8,10H2,1H3. The Morgan fingerprint density at radius 3 is 3.05 bits per heavy atom. The molecule has 1 unspecified atom stereocenters. The Bertz CT molecular complexity index is 476. The minimum Gasteiger partial charge on any atom is -0.507 e. The van der Waals surface area contributed by atoms with Gasteiger partial charge >= 0.3 is 0 Å². The first kappa shape index (κ1) is 15.2. The summed E-state index contributed by atoms with van der Waals surface area (Å²) in [5.74, 6) is 1.03. The topological polar surface area (TPSA) is 49.8 Å². The van der Waals surface area contributed by atoms with E-state index in [2.05, 4.69) is 15.9 Å². The normalized spacial score (nSPS) is 18.9. The van der Waals surface area contributed by atoms with Gasteiger partial charge in [0.25, 0.3) is 5.91 Å². The number of amides is 1. The van der Waals surface area contributed by atoms with E-state index in [1.165, 1.54) is 12.5 Å². The van der Waals surface area contributed by atoms with Crippen LogP contribution >= 0.6 is 15.9 Å². The molecule has 0 aromatic heterocycles. The van der Waals surface area contributed by atoms with E-state index in [4.69, 9.17) is 4.74 Å². The Morgan fingerprint density at radius 1 is 1.55 bits per heavy atom. The highest BCUT2D eigenvalue weighted by Gasteiger charge is 2.25. The van der Waals surface area contributed by atoms with Crippen LogP contribution in [-0.4, -0.2) is 41.4 Å². The van der Waals surface area contributed by atoms with Gasteiger partial charge in [-0.05, 0) is 43.4 Å². The van der Waals surface area contributed by atoms with Crippen LogP contribution in [0.4, 0.5) is 0 Å². The van der Waals surface area contributed by atoms with Gasteiger partial charge in [0.2, 0.25) is 0 Å². The van der Waals surface area contributed by atoms with Gasteiger partial charge in [-0.1, -0.05) is 15.9 Å². The maximum absolute atomic E-state index is 12.5. The molecule has 1 heterocycles. The molecule has 1 amide bonds. The fourth-order valence-corrected chi connectivity index (χ4v) is 3.27. The lowest BCUT2D eigenvalue weighted by molar-refractivity contribution is 0.0668. The zero-order valence-electron chi connectivity index (χ0n) is 11.6. The zero-order valence-corrected chi connectivity index (χ0v) is 13.2. The molecule has 1 aromatic carbocycles. The van der Waals surface area contributed by atoms with Crippen LogP contribution in [0.2, 0.25) is 0 Å². The number of phenols is 1. The van der Waals surface area contributed by atoms with Gasteiger partial charge in [0.05, 0.1) is 12.7 Å². The van der Waals surface area contributed by atoms with Crippen LogP contribution in [0, 0.1) is 5.92 Å². The number of hydrogen-bond donors (Lipinski definition) is 1. The highest BCUT2D eigenvalue weighted by Crippen LogP contribution is 2.27. The summed E-state index contributed by atoms with van der Waals surface area (Å²) in [7, 11) is 1.55. The summed E-state index contributed by atoms with van der Waals surface area (Å²) in [4.78, 5) is 14.4. The van der Waals surface area contributed by atoms with E-state index < -0.39 is 0 Å². The van der Waals surface area contributed by atoms with Crippen molar-refractivity contribution >= 4 is 21.8 Å². The number of nitrogens with zero attached hydrogens (tertiary/aromatic N) is 1. The number of hydrogen-bond acceptors (Lipinski definition) is 3. The van der Waals surface area contributed by atoms with Crippen molar-refractivity contribution in [2.45, 2.75) is 19.3 Å². The van der Waals surface area contributed by atoms with Gasteiger partial charge in [0, 0.05) is 18.4 Å². The number of alkyl halides is 1. The van der Waals surface area contributed by atoms with Gasteiger partial charge in [0.15, 0.2) is 0 Å². The van der Waals surface area contributed by atoms with Gasteiger partial charge in [-0.2, -0.15) is 0 Å². The maximum atomic E-state index is 12.5. The molecule has 0 spiro atoms. The Labute approximate surface area is 127 Å². The highest BCUT2D eigenvalue weighted by atomic mass is 79.9. The lowest BCUT2D eigenvalue weighted by Gasteiger charge is -2.32. The second-order valence-corrected chi connectivity index (χ2v) is 5.91. The number of halogens is 1. The van der Waals surface area contributed by atoms with Crippen molar-refractivity contribution in [2.75, 3.05) is 25.5 Å². The van der Waals surface area contributed by atoms with Crippen molar-refractivity contribution in [1.29, 1.82) is 0 Å². The van der Waals surface area contributed by atoms with Crippen LogP contribution in [-0.2, 0) is 0 Å². The molecule has 110 valence electrons. The molecule has 5 heteroatoms. The number of phenolic OH excluding ortho intramolecular Hbond substituents is 1. The number of piperidine rings is 1. The van der Waals surface area contributed by atoms with Crippen molar-refractivity contribution < 1.29 is 14.6 Å². The monoisotopic (exact) mass is 341 g/mol. The summed E-state index contributed by atoms with van der Waals surface area (Å²) >= 11 is 3.46. The first-order chi connectivity index (χ1) is 9.65. The van der Waals surface area contributed by atoms with Gasteiger partial charge in [-0.25, -0.2) is 0 Å². The molecule has 20 heavy (non-hydrogen) atoms. The molecule has 1 saturated heterocycles. The molecule has 0 bridgehead atoms. The van der Waals surface area contributed by atoms with Crippen molar-refractivity contribution in [2.24, 2.45) is 5.92 Å². The van der Waals surface area contributed by atoms with E-state index in [9.17, 15) is 9.90 Å². The number of aromatic hydroxyl groups is 1. The van der Waals surface area contributed by atoms with Crippen molar-refractivity contribution in [1.82, 2.24) is 4.90 Å². The van der Waals surface area contributed by atoms with Gasteiger partial charge in [-0.15, -0.1) is 0 Å². The first-order valence-electron chi connectivity index (χ1n) is 6.88. The lowest BCUT2D eigenvalue weighted by atomic mass is 9.95.